The summed E-state index contributed by atoms with van der Waals surface area (Å²) >= 11 is 1.35. The minimum Gasteiger partial charge on any atom is -0.459 e. The fraction of sp³-hybridized carbons (Fsp3) is 0.500. The molecule has 0 unspecified atom stereocenters. The highest BCUT2D eigenvalue weighted by Gasteiger charge is 2.19. The van der Waals surface area contributed by atoms with Crippen molar-refractivity contribution in [2.24, 2.45) is 0 Å². The Kier molecular flexibility index (Phi) is 5.76. The van der Waals surface area contributed by atoms with Crippen LogP contribution in [0.3, 0.4) is 0 Å². The van der Waals surface area contributed by atoms with Crippen molar-refractivity contribution in [3.05, 3.63) is 24.5 Å². The molecule has 0 aliphatic rings. The summed E-state index contributed by atoms with van der Waals surface area (Å²) in [7, 11) is 0. The average molecular weight is 334 g/mol. The molecule has 6 nitrogen and oxygen atoms in total. The lowest BCUT2D eigenvalue weighted by molar-refractivity contribution is -0.151. The van der Waals surface area contributed by atoms with Gasteiger partial charge < -0.3 is 9.30 Å². The molecule has 0 N–H and O–H groups in total. The van der Waals surface area contributed by atoms with E-state index >= 15 is 0 Å². The Morgan fingerprint density at radius 3 is 2.57 bits per heavy atom. The first-order chi connectivity index (χ1) is 10.9. The molecular weight excluding hydrogens is 312 g/mol. The monoisotopic (exact) mass is 334 g/mol. The van der Waals surface area contributed by atoms with Crippen LogP contribution in [0.25, 0.3) is 11.4 Å². The van der Waals surface area contributed by atoms with Gasteiger partial charge in [0.25, 0.3) is 0 Å². The van der Waals surface area contributed by atoms with E-state index in [2.05, 4.69) is 22.1 Å². The summed E-state index contributed by atoms with van der Waals surface area (Å²) in [5.41, 5.74) is 0.488. The van der Waals surface area contributed by atoms with Crippen molar-refractivity contribution in [2.45, 2.75) is 51.4 Å². The fourth-order valence-electron chi connectivity index (χ4n) is 2.03. The summed E-state index contributed by atoms with van der Waals surface area (Å²) in [6.07, 6.45) is 4.41. The third-order valence-electron chi connectivity index (χ3n) is 2.84. The number of nitrogens with zero attached hydrogens (tertiary/aromatic N) is 4. The number of pyridine rings is 1. The first-order valence-electron chi connectivity index (χ1n) is 7.59. The Labute approximate surface area is 140 Å². The van der Waals surface area contributed by atoms with Crippen molar-refractivity contribution < 1.29 is 9.53 Å². The summed E-state index contributed by atoms with van der Waals surface area (Å²) in [4.78, 5) is 15.9. The van der Waals surface area contributed by atoms with E-state index in [0.717, 1.165) is 29.5 Å². The number of carbonyl (C=O) groups excluding carboxylic acids is 1. The van der Waals surface area contributed by atoms with Gasteiger partial charge in [-0.25, -0.2) is 0 Å². The van der Waals surface area contributed by atoms with Crippen LogP contribution in [0.5, 0.6) is 0 Å². The number of thioether (sulfide) groups is 1. The summed E-state index contributed by atoms with van der Waals surface area (Å²) in [6, 6.07) is 3.80. The Balaban J connectivity index is 2.13. The Bertz CT molecular complexity index is 650. The molecule has 0 aromatic carbocycles. The number of hydrogen-bond donors (Lipinski definition) is 0. The van der Waals surface area contributed by atoms with E-state index in [4.69, 9.17) is 4.74 Å². The molecule has 0 spiro atoms. The zero-order valence-corrected chi connectivity index (χ0v) is 14.8. The highest BCUT2D eigenvalue weighted by molar-refractivity contribution is 7.99. The van der Waals surface area contributed by atoms with E-state index in [9.17, 15) is 4.79 Å². The van der Waals surface area contributed by atoms with Gasteiger partial charge in [0.1, 0.15) is 5.60 Å². The van der Waals surface area contributed by atoms with Crippen LogP contribution in [0.1, 0.15) is 34.1 Å². The van der Waals surface area contributed by atoms with Gasteiger partial charge in [-0.1, -0.05) is 18.7 Å². The van der Waals surface area contributed by atoms with Gasteiger partial charge in [-0.15, -0.1) is 10.2 Å². The predicted octanol–water partition coefficient (Wildman–Crippen LogP) is 3.18. The number of aromatic nitrogens is 4. The summed E-state index contributed by atoms with van der Waals surface area (Å²) in [6.45, 7) is 8.46. The molecule has 2 rings (SSSR count). The molecule has 2 heterocycles. The number of rotatable bonds is 6. The quantitative estimate of drug-likeness (QED) is 0.597. The van der Waals surface area contributed by atoms with Gasteiger partial charge in [0.2, 0.25) is 0 Å². The maximum absolute atomic E-state index is 11.9. The van der Waals surface area contributed by atoms with Crippen LogP contribution in [0.4, 0.5) is 0 Å². The summed E-state index contributed by atoms with van der Waals surface area (Å²) < 4.78 is 7.36. The molecule has 7 heteroatoms. The van der Waals surface area contributed by atoms with Gasteiger partial charge in [0.05, 0.1) is 5.75 Å². The maximum atomic E-state index is 11.9. The normalized spacial score (nSPS) is 11.5. The van der Waals surface area contributed by atoms with Crippen molar-refractivity contribution in [3.8, 4) is 11.4 Å². The second-order valence-corrected chi connectivity index (χ2v) is 7.01. The first kappa shape index (κ1) is 17.5. The first-order valence-corrected chi connectivity index (χ1v) is 8.57. The molecule has 0 saturated heterocycles. The van der Waals surface area contributed by atoms with Gasteiger partial charge in [0.15, 0.2) is 11.0 Å². The molecule has 0 amide bonds. The minimum atomic E-state index is -0.475. The summed E-state index contributed by atoms with van der Waals surface area (Å²) in [5, 5.41) is 9.22. The largest absolute Gasteiger partial charge is 0.459 e. The van der Waals surface area contributed by atoms with Crippen LogP contribution in [-0.4, -0.2) is 37.1 Å². The second kappa shape index (κ2) is 7.59. The van der Waals surface area contributed by atoms with E-state index in [1.54, 1.807) is 12.4 Å². The number of ether oxygens (including phenoxy) is 1. The standard InChI is InChI=1S/C16H22N4O2S/c1-5-10-20-14(12-6-8-17-9-7-12)18-19-15(20)23-11-13(21)22-16(2,3)4/h6-9H,5,10-11H2,1-4H3. The molecule has 0 aliphatic heterocycles. The smallest absolute Gasteiger partial charge is 0.316 e. The van der Waals surface area contributed by atoms with Crippen LogP contribution in [0.15, 0.2) is 29.7 Å². The Hall–Kier alpha value is -1.89. The zero-order chi connectivity index (χ0) is 16.9. The van der Waals surface area contributed by atoms with E-state index in [1.807, 2.05) is 37.5 Å². The van der Waals surface area contributed by atoms with Gasteiger partial charge in [-0.3, -0.25) is 9.78 Å². The highest BCUT2D eigenvalue weighted by Crippen LogP contribution is 2.24. The Morgan fingerprint density at radius 1 is 1.26 bits per heavy atom. The van der Waals surface area contributed by atoms with E-state index in [-0.39, 0.29) is 11.7 Å². The predicted molar refractivity (Wildman–Crippen MR) is 90.1 cm³/mol. The maximum Gasteiger partial charge on any atom is 0.316 e. The number of carbonyl (C=O) groups is 1. The molecule has 0 atom stereocenters. The molecule has 23 heavy (non-hydrogen) atoms. The van der Waals surface area contributed by atoms with Crippen molar-refractivity contribution in [1.82, 2.24) is 19.7 Å². The van der Waals surface area contributed by atoms with Crippen LogP contribution >= 0.6 is 11.8 Å². The van der Waals surface area contributed by atoms with Gasteiger partial charge in [-0.05, 0) is 39.3 Å². The lowest BCUT2D eigenvalue weighted by Crippen LogP contribution is -2.25. The third-order valence-corrected chi connectivity index (χ3v) is 3.78. The van der Waals surface area contributed by atoms with Crippen molar-refractivity contribution >= 4 is 17.7 Å². The van der Waals surface area contributed by atoms with E-state index in [1.165, 1.54) is 11.8 Å². The molecule has 2 aromatic rings. The van der Waals surface area contributed by atoms with Crippen LogP contribution < -0.4 is 0 Å². The van der Waals surface area contributed by atoms with Crippen LogP contribution in [0.2, 0.25) is 0 Å². The van der Waals surface area contributed by atoms with Crippen molar-refractivity contribution in [3.63, 3.8) is 0 Å². The minimum absolute atomic E-state index is 0.218. The third kappa shape index (κ3) is 5.06. The average Bonchev–Trinajstić information content (AvgIpc) is 2.88. The van der Waals surface area contributed by atoms with Gasteiger partial charge >= 0.3 is 5.97 Å². The zero-order valence-electron chi connectivity index (χ0n) is 13.9. The highest BCUT2D eigenvalue weighted by atomic mass is 32.2. The lowest BCUT2D eigenvalue weighted by atomic mass is 10.2. The molecule has 0 fully saturated rings. The molecule has 0 aliphatic carbocycles. The van der Waals surface area contributed by atoms with Gasteiger partial charge in [-0.2, -0.15) is 0 Å². The number of esters is 1. The van der Waals surface area contributed by atoms with E-state index in [0.29, 0.717) is 0 Å². The molecule has 124 valence electrons. The van der Waals surface area contributed by atoms with Crippen molar-refractivity contribution in [2.75, 3.05) is 5.75 Å². The topological polar surface area (TPSA) is 69.9 Å². The van der Waals surface area contributed by atoms with Crippen molar-refractivity contribution in [1.29, 1.82) is 0 Å². The fourth-order valence-corrected chi connectivity index (χ4v) is 2.77. The molecular formula is C16H22N4O2S. The molecule has 0 saturated carbocycles. The SMILES string of the molecule is CCCn1c(SCC(=O)OC(C)(C)C)nnc1-c1ccncc1. The molecule has 0 bridgehead atoms. The van der Waals surface area contributed by atoms with Crippen LogP contribution in [0, 0.1) is 0 Å². The molecule has 2 aromatic heterocycles. The molecule has 0 radical (unpaired) electrons. The van der Waals surface area contributed by atoms with Gasteiger partial charge in [0, 0.05) is 24.5 Å². The lowest BCUT2D eigenvalue weighted by Gasteiger charge is -2.19. The van der Waals surface area contributed by atoms with E-state index < -0.39 is 5.60 Å². The Morgan fingerprint density at radius 2 is 1.96 bits per heavy atom. The van der Waals surface area contributed by atoms with Crippen LogP contribution in [-0.2, 0) is 16.1 Å². The second-order valence-electron chi connectivity index (χ2n) is 6.07. The summed E-state index contributed by atoms with van der Waals surface area (Å²) in [5.74, 6) is 0.759. The number of hydrogen-bond acceptors (Lipinski definition) is 6.